The lowest BCUT2D eigenvalue weighted by molar-refractivity contribution is 0.212. The molecule has 2 nitrogen and oxygen atoms in total. The van der Waals surface area contributed by atoms with Crippen LogP contribution in [0.15, 0.2) is 0 Å². The van der Waals surface area contributed by atoms with Crippen LogP contribution in [0, 0.1) is 11.8 Å². The van der Waals surface area contributed by atoms with Gasteiger partial charge in [0.25, 0.3) is 0 Å². The summed E-state index contributed by atoms with van der Waals surface area (Å²) in [6.45, 7) is 6.96. The van der Waals surface area contributed by atoms with E-state index < -0.39 is 0 Å². The van der Waals surface area contributed by atoms with E-state index >= 15 is 0 Å². The second-order valence-electron chi connectivity index (χ2n) is 5.78. The maximum absolute atomic E-state index is 3.70. The van der Waals surface area contributed by atoms with Crippen molar-refractivity contribution in [2.75, 3.05) is 27.2 Å². The summed E-state index contributed by atoms with van der Waals surface area (Å²) in [5, 5.41) is 3.70. The van der Waals surface area contributed by atoms with Gasteiger partial charge < -0.3 is 10.2 Å². The lowest BCUT2D eigenvalue weighted by atomic mass is 9.78. The van der Waals surface area contributed by atoms with Crippen molar-refractivity contribution in [3.8, 4) is 0 Å². The van der Waals surface area contributed by atoms with E-state index in [9.17, 15) is 0 Å². The number of rotatable bonds is 6. The van der Waals surface area contributed by atoms with Crippen LogP contribution in [0.2, 0.25) is 0 Å². The fraction of sp³-hybridized carbons (Fsp3) is 1.00. The molecule has 2 heteroatoms. The fourth-order valence-electron chi connectivity index (χ4n) is 2.85. The van der Waals surface area contributed by atoms with E-state index in [0.29, 0.717) is 0 Å². The lowest BCUT2D eigenvalue weighted by Gasteiger charge is -2.33. The third kappa shape index (κ3) is 4.84. The smallest absolute Gasteiger partial charge is 0.0107 e. The summed E-state index contributed by atoms with van der Waals surface area (Å²) in [4.78, 5) is 2.30. The van der Waals surface area contributed by atoms with Crippen molar-refractivity contribution >= 4 is 0 Å². The molecular weight excluding hydrogens is 196 g/mol. The highest BCUT2D eigenvalue weighted by atomic mass is 15.1. The molecule has 0 heterocycles. The van der Waals surface area contributed by atoms with E-state index in [4.69, 9.17) is 0 Å². The average Bonchev–Trinajstić information content (AvgIpc) is 2.25. The van der Waals surface area contributed by atoms with Crippen LogP contribution in [-0.2, 0) is 0 Å². The molecule has 16 heavy (non-hydrogen) atoms. The Morgan fingerprint density at radius 2 is 1.81 bits per heavy atom. The summed E-state index contributed by atoms with van der Waals surface area (Å²) in [5.74, 6) is 1.89. The summed E-state index contributed by atoms with van der Waals surface area (Å²) in [7, 11) is 4.35. The molecule has 1 saturated carbocycles. The van der Waals surface area contributed by atoms with Crippen molar-refractivity contribution < 1.29 is 0 Å². The van der Waals surface area contributed by atoms with Gasteiger partial charge in [0.1, 0.15) is 0 Å². The van der Waals surface area contributed by atoms with Gasteiger partial charge in [-0.3, -0.25) is 0 Å². The van der Waals surface area contributed by atoms with Crippen LogP contribution in [0.5, 0.6) is 0 Å². The number of hydrogen-bond acceptors (Lipinski definition) is 2. The number of nitrogens with one attached hydrogen (secondary N) is 1. The molecule has 0 aromatic carbocycles. The summed E-state index contributed by atoms with van der Waals surface area (Å²) in [5.41, 5.74) is 0. The number of hydrogen-bond donors (Lipinski definition) is 1. The molecule has 0 aliphatic heterocycles. The zero-order chi connectivity index (χ0) is 12.0. The lowest BCUT2D eigenvalue weighted by Crippen LogP contribution is -2.39. The zero-order valence-corrected chi connectivity index (χ0v) is 11.6. The number of nitrogens with zero attached hydrogens (tertiary/aromatic N) is 1. The minimum Gasteiger partial charge on any atom is -0.314 e. The first-order chi connectivity index (χ1) is 7.63. The van der Waals surface area contributed by atoms with E-state index in [1.807, 2.05) is 0 Å². The Balaban J connectivity index is 2.36. The molecule has 0 spiro atoms. The first-order valence-electron chi connectivity index (χ1n) is 7.01. The molecule has 0 radical (unpaired) electrons. The normalized spacial score (nSPS) is 28.3. The maximum Gasteiger partial charge on any atom is 0.0107 e. The Labute approximate surface area is 102 Å². The van der Waals surface area contributed by atoms with Crippen molar-refractivity contribution in [3.05, 3.63) is 0 Å². The summed E-state index contributed by atoms with van der Waals surface area (Å²) in [6.07, 6.45) is 7.06. The average molecular weight is 226 g/mol. The van der Waals surface area contributed by atoms with Crippen molar-refractivity contribution in [1.82, 2.24) is 10.2 Å². The first-order valence-corrected chi connectivity index (χ1v) is 7.01. The molecule has 0 saturated heterocycles. The van der Waals surface area contributed by atoms with Crippen LogP contribution in [0.4, 0.5) is 0 Å². The minimum atomic E-state index is 0.750. The maximum atomic E-state index is 3.70. The molecule has 1 rings (SSSR count). The van der Waals surface area contributed by atoms with Crippen molar-refractivity contribution in [2.45, 2.75) is 52.0 Å². The molecule has 1 fully saturated rings. The molecule has 0 aromatic rings. The molecule has 0 amide bonds. The van der Waals surface area contributed by atoms with Gasteiger partial charge in [-0.15, -0.1) is 0 Å². The van der Waals surface area contributed by atoms with Gasteiger partial charge in [-0.25, -0.2) is 0 Å². The largest absolute Gasteiger partial charge is 0.314 e. The van der Waals surface area contributed by atoms with E-state index in [-0.39, 0.29) is 0 Å². The summed E-state index contributed by atoms with van der Waals surface area (Å²) >= 11 is 0. The van der Waals surface area contributed by atoms with Crippen molar-refractivity contribution in [3.63, 3.8) is 0 Å². The van der Waals surface area contributed by atoms with Gasteiger partial charge in [-0.1, -0.05) is 26.7 Å². The molecule has 96 valence electrons. The Morgan fingerprint density at radius 1 is 1.19 bits per heavy atom. The quantitative estimate of drug-likeness (QED) is 0.749. The second-order valence-corrected chi connectivity index (χ2v) is 5.78. The Hall–Kier alpha value is -0.0800. The van der Waals surface area contributed by atoms with Gasteiger partial charge in [0.2, 0.25) is 0 Å². The third-order valence-corrected chi connectivity index (χ3v) is 3.98. The van der Waals surface area contributed by atoms with E-state index in [1.165, 1.54) is 38.6 Å². The van der Waals surface area contributed by atoms with Crippen LogP contribution < -0.4 is 5.32 Å². The molecule has 1 atom stereocenters. The monoisotopic (exact) mass is 226 g/mol. The molecular formula is C14H30N2. The highest BCUT2D eigenvalue weighted by Crippen LogP contribution is 2.31. The van der Waals surface area contributed by atoms with E-state index in [0.717, 1.165) is 24.4 Å². The van der Waals surface area contributed by atoms with Crippen molar-refractivity contribution in [2.24, 2.45) is 11.8 Å². The predicted molar refractivity (Wildman–Crippen MR) is 71.8 cm³/mol. The van der Waals surface area contributed by atoms with Crippen molar-refractivity contribution in [1.29, 1.82) is 0 Å². The van der Waals surface area contributed by atoms with Gasteiger partial charge in [0.05, 0.1) is 0 Å². The molecule has 0 aromatic heterocycles. The molecule has 1 unspecified atom stereocenters. The van der Waals surface area contributed by atoms with E-state index in [2.05, 4.69) is 38.2 Å². The van der Waals surface area contributed by atoms with Gasteiger partial charge in [-0.2, -0.15) is 0 Å². The van der Waals surface area contributed by atoms with Gasteiger partial charge in [0.15, 0.2) is 0 Å². The standard InChI is InChI=1S/C14H30N2/c1-5-15-14(10-11-16(3)4)13-8-6-12(2)7-9-13/h12-15H,5-11H2,1-4H3. The highest BCUT2D eigenvalue weighted by molar-refractivity contribution is 4.81. The van der Waals surface area contributed by atoms with Gasteiger partial charge >= 0.3 is 0 Å². The van der Waals surface area contributed by atoms with Crippen LogP contribution >= 0.6 is 0 Å². The Morgan fingerprint density at radius 3 is 2.31 bits per heavy atom. The fourth-order valence-corrected chi connectivity index (χ4v) is 2.85. The van der Waals surface area contributed by atoms with Gasteiger partial charge in [-0.05, 0) is 58.3 Å². The van der Waals surface area contributed by atoms with Crippen LogP contribution in [-0.4, -0.2) is 38.1 Å². The van der Waals surface area contributed by atoms with Gasteiger partial charge in [0, 0.05) is 6.04 Å². The first kappa shape index (κ1) is 14.0. The zero-order valence-electron chi connectivity index (χ0n) is 11.6. The van der Waals surface area contributed by atoms with Crippen LogP contribution in [0.1, 0.15) is 46.0 Å². The van der Waals surface area contributed by atoms with Crippen LogP contribution in [0.25, 0.3) is 0 Å². The topological polar surface area (TPSA) is 15.3 Å². The molecule has 1 aliphatic carbocycles. The Bertz CT molecular complexity index is 172. The minimum absolute atomic E-state index is 0.750. The van der Waals surface area contributed by atoms with Crippen LogP contribution in [0.3, 0.4) is 0 Å². The SMILES string of the molecule is CCNC(CCN(C)C)C1CCC(C)CC1. The van der Waals surface area contributed by atoms with E-state index in [1.54, 1.807) is 0 Å². The third-order valence-electron chi connectivity index (χ3n) is 3.98. The molecule has 1 aliphatic rings. The predicted octanol–water partition coefficient (Wildman–Crippen LogP) is 2.74. The Kier molecular flexibility index (Phi) is 6.37. The second kappa shape index (κ2) is 7.29. The summed E-state index contributed by atoms with van der Waals surface area (Å²) in [6, 6.07) is 0.750. The molecule has 0 bridgehead atoms. The molecule has 1 N–H and O–H groups in total. The summed E-state index contributed by atoms with van der Waals surface area (Å²) < 4.78 is 0. The highest BCUT2D eigenvalue weighted by Gasteiger charge is 2.25.